The lowest BCUT2D eigenvalue weighted by Crippen LogP contribution is -2.11. The number of hydrogen-bond donors (Lipinski definition) is 0. The summed E-state index contributed by atoms with van der Waals surface area (Å²) in [4.78, 5) is 4.84. The molecule has 458 valence electrons. The molecule has 0 saturated carbocycles. The average Bonchev–Trinajstić information content (AvgIpc) is 1.52. The van der Waals surface area contributed by atoms with Crippen LogP contribution in [0, 0.1) is 0 Å². The maximum Gasteiger partial charge on any atom is 0.145 e. The first kappa shape index (κ1) is 55.3. The van der Waals surface area contributed by atoms with Crippen LogP contribution in [0.3, 0.4) is 0 Å². The fourth-order valence-electron chi connectivity index (χ4n) is 15.5. The number of furan rings is 4. The Hall–Kier alpha value is -13.2. The van der Waals surface area contributed by atoms with Crippen LogP contribution >= 0.6 is 0 Å². The van der Waals surface area contributed by atoms with Gasteiger partial charge in [0.1, 0.15) is 44.7 Å². The summed E-state index contributed by atoms with van der Waals surface area (Å²) in [5.74, 6) is 0. The lowest BCUT2D eigenvalue weighted by molar-refractivity contribution is 0.668. The van der Waals surface area contributed by atoms with Crippen LogP contribution in [0.5, 0.6) is 0 Å². The first-order valence-corrected chi connectivity index (χ1v) is 33.3. The Labute approximate surface area is 562 Å². The minimum Gasteiger partial charge on any atom is -0.456 e. The van der Waals surface area contributed by atoms with Gasteiger partial charge in [0.05, 0.1) is 27.8 Å². The molecule has 4 aromatic heterocycles. The van der Waals surface area contributed by atoms with Crippen molar-refractivity contribution in [2.24, 2.45) is 0 Å². The zero-order valence-electron chi connectivity index (χ0n) is 52.9. The van der Waals surface area contributed by atoms with E-state index in [0.29, 0.717) is 0 Å². The molecule has 6 heteroatoms. The van der Waals surface area contributed by atoms with Gasteiger partial charge in [-0.3, -0.25) is 0 Å². The number of anilines is 6. The molecule has 0 fully saturated rings. The second kappa shape index (κ2) is 22.2. The van der Waals surface area contributed by atoms with E-state index in [2.05, 4.69) is 319 Å². The number of nitrogens with zero attached hydrogens (tertiary/aromatic N) is 2. The summed E-state index contributed by atoms with van der Waals surface area (Å²) in [6.07, 6.45) is 0. The van der Waals surface area contributed by atoms with Crippen molar-refractivity contribution in [3.63, 3.8) is 0 Å². The van der Waals surface area contributed by atoms with Crippen molar-refractivity contribution in [3.05, 3.63) is 340 Å². The third kappa shape index (κ3) is 8.82. The Morgan fingerprint density at radius 1 is 0.184 bits per heavy atom. The van der Waals surface area contributed by atoms with E-state index < -0.39 is 0 Å². The number of hydrogen-bond acceptors (Lipinski definition) is 6. The Bertz CT molecular complexity index is 6610. The molecule has 0 aliphatic heterocycles. The maximum absolute atomic E-state index is 7.22. The molecule has 6 nitrogen and oxygen atoms in total. The highest BCUT2D eigenvalue weighted by Gasteiger charge is 2.27. The number of rotatable bonds is 11. The van der Waals surface area contributed by atoms with Gasteiger partial charge in [-0.05, 0) is 175 Å². The molecule has 0 unspecified atom stereocenters. The zero-order chi connectivity index (χ0) is 64.4. The van der Waals surface area contributed by atoms with Crippen LogP contribution in [0.1, 0.15) is 0 Å². The summed E-state index contributed by atoms with van der Waals surface area (Å²) in [6.45, 7) is 0. The fourth-order valence-corrected chi connectivity index (χ4v) is 15.5. The number of fused-ring (bicyclic) bond motifs is 14. The summed E-state index contributed by atoms with van der Waals surface area (Å²) in [7, 11) is 0. The molecule has 0 aliphatic carbocycles. The molecular formula is C92H56N2O4. The molecule has 0 spiro atoms. The SMILES string of the molecule is c1cc(-c2cccc3oc4ccccc4c23)cc(N(c2ccccc2-c2cccc3cc(-c4ccc(N(c5cccc(-c6cccc7ccccc67)c5)c5cccc(-c6cccc7oc8ccccc8c67)c5)c5c4oc4ccccc45)ccc23)c2cccc3oc4ccccc4c23)c1. The van der Waals surface area contributed by atoms with Crippen molar-refractivity contribution in [1.82, 2.24) is 0 Å². The largest absolute Gasteiger partial charge is 0.456 e. The van der Waals surface area contributed by atoms with Gasteiger partial charge in [0.25, 0.3) is 0 Å². The van der Waals surface area contributed by atoms with Crippen LogP contribution in [-0.2, 0) is 0 Å². The molecule has 0 radical (unpaired) electrons. The lowest BCUT2D eigenvalue weighted by atomic mass is 9.92. The number of para-hydroxylation sites is 5. The average molecular weight is 1250 g/mol. The first-order valence-electron chi connectivity index (χ1n) is 33.3. The Kier molecular flexibility index (Phi) is 12.6. The van der Waals surface area contributed by atoms with E-state index >= 15 is 0 Å². The quantitative estimate of drug-likeness (QED) is 0.129. The predicted octanol–water partition coefficient (Wildman–Crippen LogP) is 26.9. The normalized spacial score (nSPS) is 11.9. The summed E-state index contributed by atoms with van der Waals surface area (Å²) in [5.41, 5.74) is 23.7. The van der Waals surface area contributed by atoms with Gasteiger partial charge >= 0.3 is 0 Å². The molecule has 98 heavy (non-hydrogen) atoms. The van der Waals surface area contributed by atoms with Crippen molar-refractivity contribution >= 4 is 143 Å². The van der Waals surface area contributed by atoms with Crippen LogP contribution in [0.2, 0.25) is 0 Å². The lowest BCUT2D eigenvalue weighted by Gasteiger charge is -2.29. The standard InChI is InChI=1S/C92H56N2O4/c1-2-30-66-57(21-1)22-16-36-67(66)59-23-13-27-63(54-59)93(64-28-14-24-60(55-64)69-37-18-46-85-88(69)74-32-4-9-42-81(74)95-85)80-52-51-71(92-91(80)77-35-7-12-45-84(77)98-92)62-49-50-68-58(53-62)26-17-39-72(68)73-31-3-8-40-78(73)94(79-41-20-48-87-90(79)76-34-6-11-44-83(76)97-87)65-29-15-25-61(56-65)70-38-19-47-86-89(70)75-33-5-10-43-82(75)96-86/h1-56H. The second-order valence-electron chi connectivity index (χ2n) is 25.3. The Balaban J connectivity index is 0.751. The molecule has 20 aromatic rings. The van der Waals surface area contributed by atoms with Crippen LogP contribution in [0.15, 0.2) is 357 Å². The van der Waals surface area contributed by atoms with Gasteiger partial charge in [0.2, 0.25) is 0 Å². The van der Waals surface area contributed by atoms with Crippen LogP contribution in [0.4, 0.5) is 34.1 Å². The van der Waals surface area contributed by atoms with Gasteiger partial charge in [-0.15, -0.1) is 0 Å². The van der Waals surface area contributed by atoms with Gasteiger partial charge in [-0.1, -0.05) is 231 Å². The molecule has 0 saturated heterocycles. The molecular weight excluding hydrogens is 1200 g/mol. The molecule has 4 heterocycles. The minimum absolute atomic E-state index is 0.807. The van der Waals surface area contributed by atoms with Crippen molar-refractivity contribution in [1.29, 1.82) is 0 Å². The minimum atomic E-state index is 0.807. The molecule has 16 aromatic carbocycles. The van der Waals surface area contributed by atoms with Gasteiger partial charge in [0, 0.05) is 60.5 Å². The van der Waals surface area contributed by atoms with Crippen molar-refractivity contribution in [2.45, 2.75) is 0 Å². The fraction of sp³-hybridized carbons (Fsp3) is 0. The monoisotopic (exact) mass is 1250 g/mol. The summed E-state index contributed by atoms with van der Waals surface area (Å²) < 4.78 is 26.8. The summed E-state index contributed by atoms with van der Waals surface area (Å²) in [5, 5.41) is 13.1. The van der Waals surface area contributed by atoms with Crippen LogP contribution in [0.25, 0.3) is 165 Å². The van der Waals surface area contributed by atoms with Crippen molar-refractivity contribution < 1.29 is 17.7 Å². The molecule has 20 rings (SSSR count). The number of benzene rings is 16. The topological polar surface area (TPSA) is 59.0 Å². The Morgan fingerprint density at radius 2 is 0.571 bits per heavy atom. The third-order valence-electron chi connectivity index (χ3n) is 19.8. The van der Waals surface area contributed by atoms with Gasteiger partial charge in [0.15, 0.2) is 0 Å². The van der Waals surface area contributed by atoms with E-state index in [1.807, 2.05) is 30.3 Å². The van der Waals surface area contributed by atoms with E-state index in [1.165, 1.54) is 16.3 Å². The Morgan fingerprint density at radius 3 is 1.20 bits per heavy atom. The van der Waals surface area contributed by atoms with E-state index in [4.69, 9.17) is 17.7 Å². The van der Waals surface area contributed by atoms with Gasteiger partial charge in [-0.25, -0.2) is 0 Å². The van der Waals surface area contributed by atoms with E-state index in [9.17, 15) is 0 Å². The molecule has 0 aliphatic rings. The highest BCUT2D eigenvalue weighted by molar-refractivity contribution is 6.20. The first-order chi connectivity index (χ1) is 48.6. The second-order valence-corrected chi connectivity index (χ2v) is 25.3. The summed E-state index contributed by atoms with van der Waals surface area (Å²) in [6, 6.07) is 122. The predicted molar refractivity (Wildman–Crippen MR) is 407 cm³/mol. The van der Waals surface area contributed by atoms with Gasteiger partial charge in [-0.2, -0.15) is 0 Å². The molecule has 0 atom stereocenters. The highest BCUT2D eigenvalue weighted by Crippen LogP contribution is 2.52. The van der Waals surface area contributed by atoms with Crippen LogP contribution in [-0.4, -0.2) is 0 Å². The molecule has 0 N–H and O–H groups in total. The highest BCUT2D eigenvalue weighted by atomic mass is 16.3. The van der Waals surface area contributed by atoms with E-state index in [0.717, 1.165) is 183 Å². The summed E-state index contributed by atoms with van der Waals surface area (Å²) >= 11 is 0. The molecule has 0 bridgehead atoms. The van der Waals surface area contributed by atoms with Crippen LogP contribution < -0.4 is 9.80 Å². The van der Waals surface area contributed by atoms with Crippen molar-refractivity contribution in [2.75, 3.05) is 9.80 Å². The van der Waals surface area contributed by atoms with Gasteiger partial charge < -0.3 is 27.5 Å². The van der Waals surface area contributed by atoms with Crippen molar-refractivity contribution in [3.8, 4) is 55.6 Å². The van der Waals surface area contributed by atoms with E-state index in [1.54, 1.807) is 0 Å². The smallest absolute Gasteiger partial charge is 0.145 e. The third-order valence-corrected chi connectivity index (χ3v) is 19.8. The maximum atomic E-state index is 7.22. The molecule has 0 amide bonds. The zero-order valence-corrected chi connectivity index (χ0v) is 52.9. The van der Waals surface area contributed by atoms with E-state index in [-0.39, 0.29) is 0 Å².